The average Bonchev–Trinajstić information content (AvgIpc) is 3.00. The summed E-state index contributed by atoms with van der Waals surface area (Å²) >= 11 is 0. The normalized spacial score (nSPS) is 12.5. The van der Waals surface area contributed by atoms with Crippen molar-refractivity contribution in [2.24, 2.45) is 0 Å². The summed E-state index contributed by atoms with van der Waals surface area (Å²) in [6.07, 6.45) is 15.4. The van der Waals surface area contributed by atoms with Gasteiger partial charge in [-0.1, -0.05) is 133 Å². The number of carbonyl (C=O) groups excluding carboxylic acids is 3. The molecule has 0 saturated carbocycles. The fourth-order valence-corrected chi connectivity index (χ4v) is 4.74. The number of ketones is 1. The molecule has 0 aliphatic rings. The van der Waals surface area contributed by atoms with E-state index in [9.17, 15) is 19.5 Å². The third-order valence-electron chi connectivity index (χ3n) is 7.38. The molecule has 2 rings (SSSR count). The van der Waals surface area contributed by atoms with E-state index >= 15 is 0 Å². The van der Waals surface area contributed by atoms with Gasteiger partial charge in [-0.25, -0.2) is 0 Å². The second-order valence-electron chi connectivity index (χ2n) is 11.0. The van der Waals surface area contributed by atoms with Crippen molar-refractivity contribution in [2.75, 3.05) is 13.2 Å². The van der Waals surface area contributed by atoms with Crippen LogP contribution < -0.4 is 0 Å². The number of hydrogen-bond donors (Lipinski definition) is 1. The van der Waals surface area contributed by atoms with Crippen molar-refractivity contribution in [3.63, 3.8) is 0 Å². The van der Waals surface area contributed by atoms with E-state index in [0.29, 0.717) is 23.1 Å². The van der Waals surface area contributed by atoms with Gasteiger partial charge in [-0.05, 0) is 25.0 Å². The molecule has 0 aliphatic heterocycles. The van der Waals surface area contributed by atoms with Gasteiger partial charge in [0.1, 0.15) is 19.3 Å². The minimum Gasteiger partial charge on any atom is -0.463 e. The predicted molar refractivity (Wildman–Crippen MR) is 163 cm³/mol. The van der Waals surface area contributed by atoms with Crippen LogP contribution in [0.5, 0.6) is 0 Å². The number of aliphatic hydroxyl groups excluding tert-OH is 1. The maximum atomic E-state index is 12.7. The van der Waals surface area contributed by atoms with Crippen LogP contribution in [-0.4, -0.2) is 42.1 Å². The minimum absolute atomic E-state index is 0.121. The Morgan fingerprint density at radius 3 is 1.83 bits per heavy atom. The van der Waals surface area contributed by atoms with Crippen LogP contribution in [0.15, 0.2) is 54.6 Å². The Bertz CT molecular complexity index is 1020. The Morgan fingerprint density at radius 1 is 0.683 bits per heavy atom. The van der Waals surface area contributed by atoms with Crippen LogP contribution in [0.1, 0.15) is 131 Å². The van der Waals surface area contributed by atoms with Gasteiger partial charge in [0.25, 0.3) is 0 Å². The van der Waals surface area contributed by atoms with E-state index in [1.165, 1.54) is 64.2 Å². The van der Waals surface area contributed by atoms with E-state index in [0.717, 1.165) is 19.3 Å². The van der Waals surface area contributed by atoms with Crippen molar-refractivity contribution >= 4 is 17.7 Å². The molecule has 2 aromatic carbocycles. The summed E-state index contributed by atoms with van der Waals surface area (Å²) in [6, 6.07) is 15.9. The summed E-state index contributed by atoms with van der Waals surface area (Å²) in [6.45, 7) is 3.46. The summed E-state index contributed by atoms with van der Waals surface area (Å²) in [7, 11) is 0. The Morgan fingerprint density at radius 2 is 1.22 bits per heavy atom. The van der Waals surface area contributed by atoms with Gasteiger partial charge in [-0.3, -0.25) is 14.4 Å². The first-order chi connectivity index (χ1) is 19.9. The number of aliphatic hydroxyl groups is 1. The molecular formula is C35H50O6. The number of rotatable bonds is 22. The Labute approximate surface area is 246 Å². The lowest BCUT2D eigenvalue weighted by Gasteiger charge is -2.15. The molecule has 226 valence electrons. The van der Waals surface area contributed by atoms with Gasteiger partial charge in [0.05, 0.1) is 5.92 Å². The first-order valence-corrected chi connectivity index (χ1v) is 15.6. The Kier molecular flexibility index (Phi) is 17.4. The zero-order valence-electron chi connectivity index (χ0n) is 25.2. The van der Waals surface area contributed by atoms with Gasteiger partial charge < -0.3 is 14.6 Å². The van der Waals surface area contributed by atoms with Crippen LogP contribution in [0.2, 0.25) is 0 Å². The summed E-state index contributed by atoms with van der Waals surface area (Å²) in [5, 5.41) is 10.1. The SMILES string of the molecule is CCCCCCCCCCCCCCCC(=O)OC[C@H](O)COC(=O)C(C)c1cccc(C(=O)c2ccccc2)c1. The van der Waals surface area contributed by atoms with Crippen molar-refractivity contribution in [3.05, 3.63) is 71.3 Å². The van der Waals surface area contributed by atoms with E-state index in [2.05, 4.69) is 6.92 Å². The molecule has 0 fully saturated rings. The monoisotopic (exact) mass is 566 g/mol. The van der Waals surface area contributed by atoms with Crippen LogP contribution >= 0.6 is 0 Å². The lowest BCUT2D eigenvalue weighted by atomic mass is 9.96. The van der Waals surface area contributed by atoms with E-state index in [1.807, 2.05) is 6.07 Å². The molecule has 0 bridgehead atoms. The molecule has 2 aromatic rings. The summed E-state index contributed by atoms with van der Waals surface area (Å²) in [4.78, 5) is 37.3. The highest BCUT2D eigenvalue weighted by Gasteiger charge is 2.20. The van der Waals surface area contributed by atoms with Crippen LogP contribution in [0.4, 0.5) is 0 Å². The molecule has 2 atom stereocenters. The number of ether oxygens (including phenoxy) is 2. The van der Waals surface area contributed by atoms with Gasteiger partial charge in [0, 0.05) is 17.5 Å². The molecule has 1 unspecified atom stereocenters. The van der Waals surface area contributed by atoms with Crippen molar-refractivity contribution < 1.29 is 29.0 Å². The van der Waals surface area contributed by atoms with Gasteiger partial charge in [-0.2, -0.15) is 0 Å². The van der Waals surface area contributed by atoms with Crippen molar-refractivity contribution in [3.8, 4) is 0 Å². The quantitative estimate of drug-likeness (QED) is 0.0884. The second-order valence-corrected chi connectivity index (χ2v) is 11.0. The lowest BCUT2D eigenvalue weighted by molar-refractivity contribution is -0.153. The van der Waals surface area contributed by atoms with Gasteiger partial charge in [0.2, 0.25) is 0 Å². The van der Waals surface area contributed by atoms with Gasteiger partial charge >= 0.3 is 11.9 Å². The molecule has 0 heterocycles. The maximum Gasteiger partial charge on any atom is 0.313 e. The molecule has 0 aliphatic carbocycles. The Hall–Kier alpha value is -2.99. The maximum absolute atomic E-state index is 12.7. The first-order valence-electron chi connectivity index (χ1n) is 15.6. The highest BCUT2D eigenvalue weighted by atomic mass is 16.6. The van der Waals surface area contributed by atoms with Crippen LogP contribution in [0, 0.1) is 0 Å². The van der Waals surface area contributed by atoms with Crippen LogP contribution in [-0.2, 0) is 19.1 Å². The van der Waals surface area contributed by atoms with E-state index in [1.54, 1.807) is 55.5 Å². The molecule has 0 radical (unpaired) electrons. The average molecular weight is 567 g/mol. The molecule has 0 saturated heterocycles. The van der Waals surface area contributed by atoms with E-state index in [4.69, 9.17) is 9.47 Å². The number of benzene rings is 2. The van der Waals surface area contributed by atoms with Crippen LogP contribution in [0.25, 0.3) is 0 Å². The molecule has 0 aromatic heterocycles. The van der Waals surface area contributed by atoms with Gasteiger partial charge in [0.15, 0.2) is 5.78 Å². The summed E-state index contributed by atoms with van der Waals surface area (Å²) in [5.74, 6) is -1.61. The number of carbonyl (C=O) groups is 3. The van der Waals surface area contributed by atoms with E-state index < -0.39 is 18.0 Å². The summed E-state index contributed by atoms with van der Waals surface area (Å²) < 4.78 is 10.4. The second kappa shape index (κ2) is 20.8. The van der Waals surface area contributed by atoms with Crippen LogP contribution in [0.3, 0.4) is 0 Å². The zero-order valence-corrected chi connectivity index (χ0v) is 25.2. The lowest BCUT2D eigenvalue weighted by Crippen LogP contribution is -2.26. The molecule has 1 N–H and O–H groups in total. The third-order valence-corrected chi connectivity index (χ3v) is 7.38. The van der Waals surface area contributed by atoms with Crippen molar-refractivity contribution in [1.29, 1.82) is 0 Å². The smallest absolute Gasteiger partial charge is 0.313 e. The Balaban J connectivity index is 1.54. The summed E-state index contributed by atoms with van der Waals surface area (Å²) in [5.41, 5.74) is 1.71. The highest BCUT2D eigenvalue weighted by Crippen LogP contribution is 2.20. The third kappa shape index (κ3) is 14.5. The predicted octanol–water partition coefficient (Wildman–Crippen LogP) is 7.95. The molecule has 0 amide bonds. The van der Waals surface area contributed by atoms with Crippen molar-refractivity contribution in [2.45, 2.75) is 116 Å². The van der Waals surface area contributed by atoms with Gasteiger partial charge in [-0.15, -0.1) is 0 Å². The first kappa shape index (κ1) is 34.2. The fraction of sp³-hybridized carbons (Fsp3) is 0.571. The molecule has 0 spiro atoms. The van der Waals surface area contributed by atoms with E-state index in [-0.39, 0.29) is 25.0 Å². The molecular weight excluding hydrogens is 516 g/mol. The zero-order chi connectivity index (χ0) is 29.7. The topological polar surface area (TPSA) is 89.9 Å². The number of esters is 2. The fourth-order valence-electron chi connectivity index (χ4n) is 4.74. The highest BCUT2D eigenvalue weighted by molar-refractivity contribution is 6.09. The largest absolute Gasteiger partial charge is 0.463 e. The molecule has 6 heteroatoms. The number of unbranched alkanes of at least 4 members (excludes halogenated alkanes) is 12. The minimum atomic E-state index is -1.09. The standard InChI is InChI=1S/C35H50O6/c1-3-4-5-6-7-8-9-10-11-12-13-14-18-24-33(37)40-26-32(36)27-41-35(39)28(2)30-22-19-23-31(25-30)34(38)29-20-16-15-17-21-29/h15-17,19-23,25,28,32,36H,3-14,18,24,26-27H2,1-2H3/t28?,32-/m0/s1. The molecule has 6 nitrogen and oxygen atoms in total. The number of hydrogen-bond acceptors (Lipinski definition) is 6. The van der Waals surface area contributed by atoms with Crippen molar-refractivity contribution in [1.82, 2.24) is 0 Å². The molecule has 41 heavy (non-hydrogen) atoms.